The average Bonchev–Trinajstić information content (AvgIpc) is 3.01. The van der Waals surface area contributed by atoms with E-state index in [1.807, 2.05) is 12.4 Å². The number of halogens is 1. The Hall–Kier alpha value is -1.57. The van der Waals surface area contributed by atoms with E-state index < -0.39 is 0 Å². The molecule has 0 spiro atoms. The summed E-state index contributed by atoms with van der Waals surface area (Å²) in [6, 6.07) is 10.6. The lowest BCUT2D eigenvalue weighted by Crippen LogP contribution is -2.33. The summed E-state index contributed by atoms with van der Waals surface area (Å²) in [6.45, 7) is 6.71. The Bertz CT molecular complexity index is 622. The number of hydrogen-bond donors (Lipinski definition) is 2. The first-order chi connectivity index (χ1) is 11.6. The molecule has 0 radical (unpaired) electrons. The van der Waals surface area contributed by atoms with E-state index in [0.29, 0.717) is 18.4 Å². The van der Waals surface area contributed by atoms with Crippen LogP contribution < -0.4 is 11.1 Å². The molecule has 6 heteroatoms. The van der Waals surface area contributed by atoms with E-state index in [-0.39, 0.29) is 24.0 Å². The van der Waals surface area contributed by atoms with E-state index >= 15 is 0 Å². The Morgan fingerprint density at radius 3 is 2.76 bits per heavy atom. The molecule has 0 saturated carbocycles. The van der Waals surface area contributed by atoms with Crippen molar-refractivity contribution in [1.29, 1.82) is 0 Å². The Morgan fingerprint density at radius 1 is 1.28 bits per heavy atom. The Morgan fingerprint density at radius 2 is 2.04 bits per heavy atom. The number of benzene rings is 1. The summed E-state index contributed by atoms with van der Waals surface area (Å²) in [5.74, 6) is 2.11. The first-order valence-corrected chi connectivity index (χ1v) is 8.73. The van der Waals surface area contributed by atoms with Crippen LogP contribution in [0.15, 0.2) is 47.7 Å². The second kappa shape index (κ2) is 11.9. The fraction of sp³-hybridized carbons (Fsp3) is 0.474. The summed E-state index contributed by atoms with van der Waals surface area (Å²) in [5.41, 5.74) is 7.28. The molecular weight excluding hydrogens is 425 g/mol. The number of nitrogens with zero attached hydrogens (tertiary/aromatic N) is 3. The highest BCUT2D eigenvalue weighted by atomic mass is 127. The first-order valence-electron chi connectivity index (χ1n) is 8.73. The number of guanidine groups is 1. The summed E-state index contributed by atoms with van der Waals surface area (Å²) in [7, 11) is 0. The SMILES string of the molecule is CC(C)CCNC(N)=NCc1nccn1CCCc1ccccc1.I. The first kappa shape index (κ1) is 21.5. The molecule has 5 nitrogen and oxygen atoms in total. The molecule has 0 amide bonds. The quantitative estimate of drug-likeness (QED) is 0.345. The molecule has 2 rings (SSSR count). The van der Waals surface area contributed by atoms with Gasteiger partial charge in [-0.15, -0.1) is 24.0 Å². The summed E-state index contributed by atoms with van der Waals surface area (Å²) < 4.78 is 2.16. The summed E-state index contributed by atoms with van der Waals surface area (Å²) in [5, 5.41) is 3.15. The van der Waals surface area contributed by atoms with Crippen molar-refractivity contribution >= 4 is 29.9 Å². The summed E-state index contributed by atoms with van der Waals surface area (Å²) in [6.07, 6.45) is 7.08. The maximum atomic E-state index is 5.90. The standard InChI is InChI=1S/C19H29N5.HI/c1-16(2)10-11-22-19(20)23-15-18-21-12-14-24(18)13-6-9-17-7-4-3-5-8-17;/h3-5,7-8,12,14,16H,6,9-11,13,15H2,1-2H3,(H3,20,22,23);1H. The van der Waals surface area contributed by atoms with Crippen molar-refractivity contribution in [3.8, 4) is 0 Å². The van der Waals surface area contributed by atoms with Gasteiger partial charge in [-0.3, -0.25) is 0 Å². The van der Waals surface area contributed by atoms with Crippen LogP contribution in [-0.2, 0) is 19.5 Å². The molecule has 0 aliphatic rings. The lowest BCUT2D eigenvalue weighted by Gasteiger charge is -2.09. The van der Waals surface area contributed by atoms with Crippen molar-refractivity contribution in [1.82, 2.24) is 14.9 Å². The molecular formula is C19H30IN5. The van der Waals surface area contributed by atoms with E-state index in [0.717, 1.165) is 38.2 Å². The van der Waals surface area contributed by atoms with Crippen LogP contribution in [0.3, 0.4) is 0 Å². The molecule has 0 unspecified atom stereocenters. The van der Waals surface area contributed by atoms with Gasteiger partial charge in [-0.2, -0.15) is 0 Å². The second-order valence-corrected chi connectivity index (χ2v) is 6.44. The minimum absolute atomic E-state index is 0. The van der Waals surface area contributed by atoms with Gasteiger partial charge in [0.2, 0.25) is 0 Å². The van der Waals surface area contributed by atoms with Crippen LogP contribution in [0.5, 0.6) is 0 Å². The number of nitrogens with two attached hydrogens (primary N) is 1. The van der Waals surface area contributed by atoms with Crippen molar-refractivity contribution in [2.75, 3.05) is 6.54 Å². The smallest absolute Gasteiger partial charge is 0.189 e. The third-order valence-electron chi connectivity index (χ3n) is 3.93. The maximum Gasteiger partial charge on any atom is 0.189 e. The van der Waals surface area contributed by atoms with E-state index in [4.69, 9.17) is 5.73 Å². The summed E-state index contributed by atoms with van der Waals surface area (Å²) >= 11 is 0. The zero-order chi connectivity index (χ0) is 17.2. The fourth-order valence-corrected chi connectivity index (χ4v) is 2.49. The van der Waals surface area contributed by atoms with Gasteiger partial charge < -0.3 is 15.6 Å². The van der Waals surface area contributed by atoms with Crippen LogP contribution in [0.4, 0.5) is 0 Å². The minimum Gasteiger partial charge on any atom is -0.370 e. The van der Waals surface area contributed by atoms with E-state index in [1.54, 1.807) is 0 Å². The molecule has 0 atom stereocenters. The van der Waals surface area contributed by atoms with Crippen molar-refractivity contribution in [2.45, 2.75) is 46.2 Å². The number of aryl methyl sites for hydroxylation is 2. The predicted octanol–water partition coefficient (Wildman–Crippen LogP) is 3.58. The van der Waals surface area contributed by atoms with Crippen LogP contribution in [0.2, 0.25) is 0 Å². The molecule has 3 N–H and O–H groups in total. The van der Waals surface area contributed by atoms with Crippen molar-refractivity contribution in [2.24, 2.45) is 16.6 Å². The van der Waals surface area contributed by atoms with Crippen molar-refractivity contribution < 1.29 is 0 Å². The summed E-state index contributed by atoms with van der Waals surface area (Å²) in [4.78, 5) is 8.79. The largest absolute Gasteiger partial charge is 0.370 e. The maximum absolute atomic E-state index is 5.90. The third-order valence-corrected chi connectivity index (χ3v) is 3.93. The van der Waals surface area contributed by atoms with Crippen LogP contribution in [-0.4, -0.2) is 22.1 Å². The van der Waals surface area contributed by atoms with Gasteiger partial charge in [-0.1, -0.05) is 44.2 Å². The van der Waals surface area contributed by atoms with Gasteiger partial charge in [0, 0.05) is 25.5 Å². The van der Waals surface area contributed by atoms with Gasteiger partial charge in [0.25, 0.3) is 0 Å². The van der Waals surface area contributed by atoms with E-state index in [9.17, 15) is 0 Å². The van der Waals surface area contributed by atoms with Crippen molar-refractivity contribution in [3.63, 3.8) is 0 Å². The molecule has 1 aromatic heterocycles. The topological polar surface area (TPSA) is 68.2 Å². The Kier molecular flexibility index (Phi) is 10.2. The van der Waals surface area contributed by atoms with Gasteiger partial charge >= 0.3 is 0 Å². The molecule has 2 aromatic rings. The molecule has 0 aliphatic heterocycles. The highest BCUT2D eigenvalue weighted by molar-refractivity contribution is 14.0. The highest BCUT2D eigenvalue weighted by Gasteiger charge is 2.03. The number of aromatic nitrogens is 2. The van der Waals surface area contributed by atoms with Gasteiger partial charge in [-0.05, 0) is 30.7 Å². The monoisotopic (exact) mass is 455 g/mol. The van der Waals surface area contributed by atoms with Gasteiger partial charge in [0.1, 0.15) is 12.4 Å². The van der Waals surface area contributed by atoms with Crippen LogP contribution in [0.1, 0.15) is 38.1 Å². The molecule has 1 heterocycles. The second-order valence-electron chi connectivity index (χ2n) is 6.44. The molecule has 138 valence electrons. The molecule has 0 fully saturated rings. The van der Waals surface area contributed by atoms with Gasteiger partial charge in [0.05, 0.1) is 0 Å². The minimum atomic E-state index is 0. The Labute approximate surface area is 168 Å². The Balaban J connectivity index is 0.00000312. The molecule has 1 aromatic carbocycles. The molecule has 0 aliphatic carbocycles. The lowest BCUT2D eigenvalue weighted by atomic mass is 10.1. The number of aliphatic imine (C=N–C) groups is 1. The molecule has 25 heavy (non-hydrogen) atoms. The van der Waals surface area contributed by atoms with Gasteiger partial charge in [-0.25, -0.2) is 9.98 Å². The molecule has 0 bridgehead atoms. The van der Waals surface area contributed by atoms with Crippen molar-refractivity contribution in [3.05, 3.63) is 54.1 Å². The highest BCUT2D eigenvalue weighted by Crippen LogP contribution is 2.06. The van der Waals surface area contributed by atoms with E-state index in [2.05, 4.69) is 64.0 Å². The third kappa shape index (κ3) is 8.38. The number of imidazole rings is 1. The zero-order valence-electron chi connectivity index (χ0n) is 15.2. The van der Waals surface area contributed by atoms with Crippen LogP contribution in [0.25, 0.3) is 0 Å². The van der Waals surface area contributed by atoms with Gasteiger partial charge in [0.15, 0.2) is 5.96 Å². The molecule has 0 saturated heterocycles. The number of nitrogens with one attached hydrogen (secondary N) is 1. The number of hydrogen-bond acceptors (Lipinski definition) is 2. The van der Waals surface area contributed by atoms with Crippen LogP contribution >= 0.6 is 24.0 Å². The lowest BCUT2D eigenvalue weighted by molar-refractivity contribution is 0.576. The number of rotatable bonds is 9. The normalized spacial score (nSPS) is 11.4. The van der Waals surface area contributed by atoms with E-state index in [1.165, 1.54) is 5.56 Å². The zero-order valence-corrected chi connectivity index (χ0v) is 17.5. The average molecular weight is 455 g/mol. The fourth-order valence-electron chi connectivity index (χ4n) is 2.49. The van der Waals surface area contributed by atoms with Crippen LogP contribution in [0, 0.1) is 5.92 Å². The predicted molar refractivity (Wildman–Crippen MR) is 115 cm³/mol.